The van der Waals surface area contributed by atoms with Crippen LogP contribution in [0.5, 0.6) is 0 Å². The summed E-state index contributed by atoms with van der Waals surface area (Å²) in [5.74, 6) is -0.249. The lowest BCUT2D eigenvalue weighted by atomic mass is 10.3. The molecule has 5 heteroatoms. The second kappa shape index (κ2) is 5.31. The summed E-state index contributed by atoms with van der Waals surface area (Å²) in [7, 11) is 0. The van der Waals surface area contributed by atoms with Gasteiger partial charge in [-0.1, -0.05) is 0 Å². The van der Waals surface area contributed by atoms with Crippen molar-refractivity contribution in [2.45, 2.75) is 20.0 Å². The van der Waals surface area contributed by atoms with Crippen LogP contribution in [-0.4, -0.2) is 9.55 Å². The number of aromatic nitrogens is 2. The Hall–Kier alpha value is -1.36. The number of imidazole rings is 1. The molecule has 0 spiro atoms. The molecule has 3 nitrogen and oxygen atoms in total. The monoisotopic (exact) mass is 297 g/mol. The summed E-state index contributed by atoms with van der Waals surface area (Å²) >= 11 is 3.32. The molecule has 2 aromatic rings. The quantitative estimate of drug-likeness (QED) is 0.937. The molecule has 0 aliphatic carbocycles. The van der Waals surface area contributed by atoms with Crippen molar-refractivity contribution in [1.29, 1.82) is 0 Å². The number of nitrogens with zero attached hydrogens (tertiary/aromatic N) is 2. The van der Waals surface area contributed by atoms with Crippen molar-refractivity contribution in [3.05, 3.63) is 46.7 Å². The standard InChI is InChI=1S/C12H13BrFN3/c1-2-17-8-15-6-10(17)7-16-12-4-3-9(14)5-11(12)13/h3-6,8,16H,2,7H2,1H3. The zero-order valence-corrected chi connectivity index (χ0v) is 11.0. The Morgan fingerprint density at radius 3 is 3.00 bits per heavy atom. The Morgan fingerprint density at radius 1 is 1.47 bits per heavy atom. The number of benzene rings is 1. The van der Waals surface area contributed by atoms with E-state index in [1.807, 2.05) is 6.20 Å². The summed E-state index contributed by atoms with van der Waals surface area (Å²) in [6.45, 7) is 3.62. The first-order valence-corrected chi connectivity index (χ1v) is 6.18. The van der Waals surface area contributed by atoms with Gasteiger partial charge in [-0.05, 0) is 41.1 Å². The van der Waals surface area contributed by atoms with Crippen LogP contribution < -0.4 is 5.32 Å². The predicted octanol–water partition coefficient (Wildman–Crippen LogP) is 3.42. The Morgan fingerprint density at radius 2 is 2.29 bits per heavy atom. The molecule has 0 saturated carbocycles. The molecule has 90 valence electrons. The highest BCUT2D eigenvalue weighted by molar-refractivity contribution is 9.10. The molecule has 0 amide bonds. The summed E-state index contributed by atoms with van der Waals surface area (Å²) in [6.07, 6.45) is 3.63. The average molecular weight is 298 g/mol. The highest BCUT2D eigenvalue weighted by Crippen LogP contribution is 2.23. The first-order valence-electron chi connectivity index (χ1n) is 5.38. The number of aryl methyl sites for hydroxylation is 1. The van der Waals surface area contributed by atoms with E-state index in [4.69, 9.17) is 0 Å². The zero-order valence-electron chi connectivity index (χ0n) is 9.45. The fourth-order valence-electron chi connectivity index (χ4n) is 1.60. The summed E-state index contributed by atoms with van der Waals surface area (Å²) in [4.78, 5) is 4.09. The van der Waals surface area contributed by atoms with E-state index in [0.29, 0.717) is 6.54 Å². The van der Waals surface area contributed by atoms with Crippen LogP contribution in [0.1, 0.15) is 12.6 Å². The second-order valence-corrected chi connectivity index (χ2v) is 4.50. The largest absolute Gasteiger partial charge is 0.378 e. The van der Waals surface area contributed by atoms with Gasteiger partial charge in [-0.15, -0.1) is 0 Å². The molecule has 1 N–H and O–H groups in total. The molecule has 0 aliphatic heterocycles. The van der Waals surface area contributed by atoms with Crippen molar-refractivity contribution in [3.8, 4) is 0 Å². The van der Waals surface area contributed by atoms with Crippen LogP contribution in [0.3, 0.4) is 0 Å². The molecular weight excluding hydrogens is 285 g/mol. The SMILES string of the molecule is CCn1cncc1CNc1ccc(F)cc1Br. The summed E-state index contributed by atoms with van der Waals surface area (Å²) in [6, 6.07) is 4.59. The Balaban J connectivity index is 2.07. The number of anilines is 1. The maximum atomic E-state index is 12.9. The van der Waals surface area contributed by atoms with E-state index >= 15 is 0 Å². The molecule has 2 rings (SSSR count). The summed E-state index contributed by atoms with van der Waals surface area (Å²) in [5.41, 5.74) is 1.97. The van der Waals surface area contributed by atoms with Crippen LogP contribution in [0.25, 0.3) is 0 Å². The number of hydrogen-bond acceptors (Lipinski definition) is 2. The Kier molecular flexibility index (Phi) is 3.78. The Bertz CT molecular complexity index is 510. The zero-order chi connectivity index (χ0) is 12.3. The number of hydrogen-bond donors (Lipinski definition) is 1. The van der Waals surface area contributed by atoms with E-state index in [2.05, 4.69) is 37.7 Å². The van der Waals surface area contributed by atoms with E-state index in [-0.39, 0.29) is 5.82 Å². The molecule has 0 fully saturated rings. The fourth-order valence-corrected chi connectivity index (χ4v) is 2.09. The van der Waals surface area contributed by atoms with Crippen LogP contribution in [0, 0.1) is 5.82 Å². The van der Waals surface area contributed by atoms with E-state index in [1.54, 1.807) is 12.4 Å². The maximum absolute atomic E-state index is 12.9. The van der Waals surface area contributed by atoms with Gasteiger partial charge in [0.2, 0.25) is 0 Å². The minimum absolute atomic E-state index is 0.249. The molecule has 17 heavy (non-hydrogen) atoms. The summed E-state index contributed by atoms with van der Waals surface area (Å²) in [5, 5.41) is 3.24. The van der Waals surface area contributed by atoms with Gasteiger partial charge < -0.3 is 9.88 Å². The minimum atomic E-state index is -0.249. The van der Waals surface area contributed by atoms with Gasteiger partial charge in [0.1, 0.15) is 5.82 Å². The first-order chi connectivity index (χ1) is 8.20. The lowest BCUT2D eigenvalue weighted by molar-refractivity contribution is 0.627. The van der Waals surface area contributed by atoms with Crippen molar-refractivity contribution in [1.82, 2.24) is 9.55 Å². The van der Waals surface area contributed by atoms with E-state index in [0.717, 1.165) is 22.4 Å². The highest BCUT2D eigenvalue weighted by Gasteiger charge is 2.03. The van der Waals surface area contributed by atoms with Gasteiger partial charge >= 0.3 is 0 Å². The van der Waals surface area contributed by atoms with Crippen LogP contribution in [0.2, 0.25) is 0 Å². The molecule has 0 unspecified atom stereocenters. The van der Waals surface area contributed by atoms with Gasteiger partial charge in [0.15, 0.2) is 0 Å². The molecule has 0 bridgehead atoms. The predicted molar refractivity (Wildman–Crippen MR) is 69.3 cm³/mol. The third-order valence-electron chi connectivity index (χ3n) is 2.53. The lowest BCUT2D eigenvalue weighted by Gasteiger charge is -2.09. The maximum Gasteiger partial charge on any atom is 0.124 e. The molecule has 0 radical (unpaired) electrons. The molecular formula is C12H13BrFN3. The minimum Gasteiger partial charge on any atom is -0.378 e. The van der Waals surface area contributed by atoms with Crippen LogP contribution in [0.15, 0.2) is 35.2 Å². The van der Waals surface area contributed by atoms with Crippen molar-refractivity contribution >= 4 is 21.6 Å². The van der Waals surface area contributed by atoms with Gasteiger partial charge in [-0.25, -0.2) is 9.37 Å². The van der Waals surface area contributed by atoms with Crippen molar-refractivity contribution in [3.63, 3.8) is 0 Å². The first kappa shape index (κ1) is 12.1. The Labute approximate surface area is 108 Å². The van der Waals surface area contributed by atoms with E-state index in [9.17, 15) is 4.39 Å². The van der Waals surface area contributed by atoms with Crippen LogP contribution in [-0.2, 0) is 13.1 Å². The van der Waals surface area contributed by atoms with Gasteiger partial charge in [-0.3, -0.25) is 0 Å². The van der Waals surface area contributed by atoms with Crippen molar-refractivity contribution in [2.75, 3.05) is 5.32 Å². The second-order valence-electron chi connectivity index (χ2n) is 3.65. The van der Waals surface area contributed by atoms with E-state index in [1.165, 1.54) is 12.1 Å². The van der Waals surface area contributed by atoms with Gasteiger partial charge in [0.05, 0.1) is 18.6 Å². The topological polar surface area (TPSA) is 29.9 Å². The average Bonchev–Trinajstić information content (AvgIpc) is 2.75. The van der Waals surface area contributed by atoms with Gasteiger partial charge in [0.25, 0.3) is 0 Å². The van der Waals surface area contributed by atoms with Crippen molar-refractivity contribution in [2.24, 2.45) is 0 Å². The van der Waals surface area contributed by atoms with Crippen LogP contribution >= 0.6 is 15.9 Å². The normalized spacial score (nSPS) is 10.5. The third kappa shape index (κ3) is 2.85. The van der Waals surface area contributed by atoms with Crippen molar-refractivity contribution < 1.29 is 4.39 Å². The van der Waals surface area contributed by atoms with E-state index < -0.39 is 0 Å². The third-order valence-corrected chi connectivity index (χ3v) is 3.19. The smallest absolute Gasteiger partial charge is 0.124 e. The number of nitrogens with one attached hydrogen (secondary N) is 1. The lowest BCUT2D eigenvalue weighted by Crippen LogP contribution is -2.06. The molecule has 0 atom stereocenters. The molecule has 1 heterocycles. The molecule has 1 aromatic heterocycles. The molecule has 0 saturated heterocycles. The molecule has 0 aliphatic rings. The van der Waals surface area contributed by atoms with Gasteiger partial charge in [-0.2, -0.15) is 0 Å². The van der Waals surface area contributed by atoms with Crippen LogP contribution in [0.4, 0.5) is 10.1 Å². The fraction of sp³-hybridized carbons (Fsp3) is 0.250. The summed E-state index contributed by atoms with van der Waals surface area (Å²) < 4.78 is 15.7. The molecule has 1 aromatic carbocycles. The van der Waals surface area contributed by atoms with Gasteiger partial charge in [0, 0.05) is 22.9 Å². The number of rotatable bonds is 4. The highest BCUT2D eigenvalue weighted by atomic mass is 79.9. The number of halogens is 2.